The number of rotatable bonds is 15. The zero-order chi connectivity index (χ0) is 26.8. The average Bonchev–Trinajstić information content (AvgIpc) is 2.76. The second-order valence-corrected chi connectivity index (χ2v) is 7.93. The summed E-state index contributed by atoms with van der Waals surface area (Å²) in [7, 11) is 0. The van der Waals surface area contributed by atoms with Gasteiger partial charge in [-0.05, 0) is 49.2 Å². The number of carboxylic acids is 4. The highest BCUT2D eigenvalue weighted by Gasteiger charge is 2.20. The molecule has 0 aliphatic heterocycles. The lowest BCUT2D eigenvalue weighted by Crippen LogP contribution is -2.35. The Hall–Kier alpha value is -4.48. The zero-order valence-corrected chi connectivity index (χ0v) is 19.8. The van der Waals surface area contributed by atoms with Gasteiger partial charge in [0.25, 0.3) is 0 Å². The zero-order valence-electron chi connectivity index (χ0n) is 19.8. The first-order chi connectivity index (χ1) is 17.0. The Balaban J connectivity index is 2.18. The Bertz CT molecular complexity index is 999. The number of anilines is 2. The number of benzene rings is 2. The van der Waals surface area contributed by atoms with Crippen molar-refractivity contribution in [1.82, 2.24) is 0 Å². The first-order valence-corrected chi connectivity index (χ1v) is 10.8. The fraction of sp³-hybridized carbons (Fsp3) is 0.333. The van der Waals surface area contributed by atoms with Crippen LogP contribution < -0.4 is 19.3 Å². The summed E-state index contributed by atoms with van der Waals surface area (Å²) in [6.07, 6.45) is 0. The van der Waals surface area contributed by atoms with Gasteiger partial charge in [-0.1, -0.05) is 12.1 Å². The number of hydrogen-bond acceptors (Lipinski definition) is 8. The average molecular weight is 504 g/mol. The predicted octanol–water partition coefficient (Wildman–Crippen LogP) is 1.71. The maximum Gasteiger partial charge on any atom is 0.323 e. The molecule has 2 aromatic rings. The molecular formula is C24H28N2O10. The molecule has 0 unspecified atom stereocenters. The topological polar surface area (TPSA) is 174 Å². The quantitative estimate of drug-likeness (QED) is 0.259. The van der Waals surface area contributed by atoms with Crippen LogP contribution in [-0.2, 0) is 19.2 Å². The second-order valence-electron chi connectivity index (χ2n) is 7.93. The molecule has 2 aromatic carbocycles. The van der Waals surface area contributed by atoms with Crippen molar-refractivity contribution < 1.29 is 49.1 Å². The SMILES string of the molecule is Cc1ccc(OCCOc2ccc(C)cc2N(CC(=O)O)CC(=O)O)c(N(CC(=O)O)CC(=O)O)c1. The molecule has 0 fully saturated rings. The summed E-state index contributed by atoms with van der Waals surface area (Å²) in [4.78, 5) is 47.3. The molecule has 0 atom stereocenters. The summed E-state index contributed by atoms with van der Waals surface area (Å²) in [6, 6.07) is 9.90. The van der Waals surface area contributed by atoms with E-state index in [1.54, 1.807) is 50.2 Å². The minimum Gasteiger partial charge on any atom is -0.488 e. The van der Waals surface area contributed by atoms with Crippen LogP contribution in [0.5, 0.6) is 11.5 Å². The van der Waals surface area contributed by atoms with Crippen LogP contribution in [0.2, 0.25) is 0 Å². The van der Waals surface area contributed by atoms with Crippen LogP contribution in [-0.4, -0.2) is 83.7 Å². The van der Waals surface area contributed by atoms with Crippen molar-refractivity contribution in [1.29, 1.82) is 0 Å². The van der Waals surface area contributed by atoms with Gasteiger partial charge in [-0.15, -0.1) is 0 Å². The van der Waals surface area contributed by atoms with Gasteiger partial charge in [-0.25, -0.2) is 0 Å². The van der Waals surface area contributed by atoms with E-state index in [0.717, 1.165) is 11.1 Å². The standard InChI is InChI=1S/C24H28N2O10/c1-15-3-5-19(17(9-15)25(11-21(27)28)12-22(29)30)35-7-8-36-20-6-4-16(2)10-18(20)26(13-23(31)32)14-24(33)34/h3-6,9-10H,7-8,11-14H2,1-2H3,(H,27,28)(H,29,30)(H,31,32)(H,33,34). The van der Waals surface area contributed by atoms with Crippen LogP contribution in [0, 0.1) is 13.8 Å². The number of aryl methyl sites for hydroxylation is 2. The second kappa shape index (κ2) is 12.8. The van der Waals surface area contributed by atoms with E-state index in [9.17, 15) is 39.6 Å². The molecule has 36 heavy (non-hydrogen) atoms. The minimum absolute atomic E-state index is 0.0186. The Morgan fingerprint density at radius 1 is 0.611 bits per heavy atom. The molecule has 4 N–H and O–H groups in total. The first kappa shape index (κ1) is 27.8. The minimum atomic E-state index is -1.20. The molecule has 0 saturated carbocycles. The van der Waals surface area contributed by atoms with Crippen LogP contribution in [0.15, 0.2) is 36.4 Å². The summed E-state index contributed by atoms with van der Waals surface area (Å²) < 4.78 is 11.5. The van der Waals surface area contributed by atoms with E-state index in [1.165, 1.54) is 9.80 Å². The third-order valence-corrected chi connectivity index (χ3v) is 4.81. The highest BCUT2D eigenvalue weighted by molar-refractivity contribution is 5.82. The van der Waals surface area contributed by atoms with E-state index >= 15 is 0 Å². The van der Waals surface area contributed by atoms with Gasteiger partial charge in [0, 0.05) is 0 Å². The first-order valence-electron chi connectivity index (χ1n) is 10.8. The van der Waals surface area contributed by atoms with Gasteiger partial charge in [0.1, 0.15) is 50.9 Å². The Morgan fingerprint density at radius 2 is 0.917 bits per heavy atom. The summed E-state index contributed by atoms with van der Waals surface area (Å²) in [5.41, 5.74) is 2.14. The molecule has 0 aliphatic rings. The number of carbonyl (C=O) groups is 4. The van der Waals surface area contributed by atoms with Crippen LogP contribution >= 0.6 is 0 Å². The summed E-state index contributed by atoms with van der Waals surface area (Å²) in [6.45, 7) is 1.34. The molecule has 0 aliphatic carbocycles. The normalized spacial score (nSPS) is 10.4. The van der Waals surface area contributed by atoms with E-state index in [0.29, 0.717) is 11.4 Å². The largest absolute Gasteiger partial charge is 0.488 e. The van der Waals surface area contributed by atoms with Crippen molar-refractivity contribution in [2.45, 2.75) is 13.8 Å². The lowest BCUT2D eigenvalue weighted by molar-refractivity contribution is -0.138. The Kier molecular flexibility index (Phi) is 9.90. The summed E-state index contributed by atoms with van der Waals surface area (Å²) in [5.74, 6) is -4.29. The van der Waals surface area contributed by atoms with E-state index in [1.807, 2.05) is 0 Å². The molecule has 0 spiro atoms. The van der Waals surface area contributed by atoms with Gasteiger partial charge in [0.05, 0.1) is 11.4 Å². The summed E-state index contributed by atoms with van der Waals surface area (Å²) in [5, 5.41) is 36.7. The number of hydrogen-bond donors (Lipinski definition) is 4. The van der Waals surface area contributed by atoms with E-state index < -0.39 is 50.1 Å². The summed E-state index contributed by atoms with van der Waals surface area (Å²) >= 11 is 0. The lowest BCUT2D eigenvalue weighted by Gasteiger charge is -2.25. The number of aliphatic carboxylic acids is 4. The molecular weight excluding hydrogens is 476 g/mol. The molecule has 12 nitrogen and oxygen atoms in total. The molecule has 0 heterocycles. The van der Waals surface area contributed by atoms with E-state index in [2.05, 4.69) is 0 Å². The van der Waals surface area contributed by atoms with Crippen LogP contribution in [0.3, 0.4) is 0 Å². The van der Waals surface area contributed by atoms with Crippen molar-refractivity contribution in [2.75, 3.05) is 49.2 Å². The van der Waals surface area contributed by atoms with Gasteiger partial charge < -0.3 is 39.7 Å². The van der Waals surface area contributed by atoms with Crippen molar-refractivity contribution >= 4 is 35.3 Å². The fourth-order valence-corrected chi connectivity index (χ4v) is 3.40. The van der Waals surface area contributed by atoms with Gasteiger partial charge in [0.2, 0.25) is 0 Å². The Morgan fingerprint density at radius 3 is 1.19 bits per heavy atom. The van der Waals surface area contributed by atoms with Gasteiger partial charge in [0.15, 0.2) is 0 Å². The molecule has 12 heteroatoms. The maximum absolute atomic E-state index is 11.2. The molecule has 0 bridgehead atoms. The van der Waals surface area contributed by atoms with Gasteiger partial charge >= 0.3 is 23.9 Å². The van der Waals surface area contributed by atoms with E-state index in [-0.39, 0.29) is 24.7 Å². The number of carboxylic acid groups (broad SMARTS) is 4. The maximum atomic E-state index is 11.2. The molecule has 0 aromatic heterocycles. The van der Waals surface area contributed by atoms with E-state index in [4.69, 9.17) is 9.47 Å². The van der Waals surface area contributed by atoms with Gasteiger partial charge in [-0.2, -0.15) is 0 Å². The van der Waals surface area contributed by atoms with Crippen LogP contribution in [0.4, 0.5) is 11.4 Å². The van der Waals surface area contributed by atoms with Gasteiger partial charge in [-0.3, -0.25) is 19.2 Å². The number of nitrogens with zero attached hydrogens (tertiary/aromatic N) is 2. The molecule has 194 valence electrons. The van der Waals surface area contributed by atoms with Crippen molar-refractivity contribution in [3.8, 4) is 11.5 Å². The lowest BCUT2D eigenvalue weighted by atomic mass is 10.2. The Labute approximate surface area is 206 Å². The monoisotopic (exact) mass is 504 g/mol. The fourth-order valence-electron chi connectivity index (χ4n) is 3.40. The highest BCUT2D eigenvalue weighted by Crippen LogP contribution is 2.31. The molecule has 0 saturated heterocycles. The smallest absolute Gasteiger partial charge is 0.323 e. The van der Waals surface area contributed by atoms with Crippen molar-refractivity contribution in [2.24, 2.45) is 0 Å². The third kappa shape index (κ3) is 8.70. The third-order valence-electron chi connectivity index (χ3n) is 4.81. The van der Waals surface area contributed by atoms with Crippen molar-refractivity contribution in [3.63, 3.8) is 0 Å². The van der Waals surface area contributed by atoms with Crippen LogP contribution in [0.25, 0.3) is 0 Å². The van der Waals surface area contributed by atoms with Crippen LogP contribution in [0.1, 0.15) is 11.1 Å². The molecule has 0 amide bonds. The molecule has 2 rings (SSSR count). The number of ether oxygens (including phenoxy) is 2. The molecule has 0 radical (unpaired) electrons. The highest BCUT2D eigenvalue weighted by atomic mass is 16.5. The van der Waals surface area contributed by atoms with Crippen molar-refractivity contribution in [3.05, 3.63) is 47.5 Å². The predicted molar refractivity (Wildman–Crippen MR) is 128 cm³/mol.